The third kappa shape index (κ3) is 5.14. The highest BCUT2D eigenvalue weighted by Gasteiger charge is 2.28. The molecule has 3 aliphatic rings. The molecule has 0 aromatic heterocycles. The van der Waals surface area contributed by atoms with Crippen molar-refractivity contribution >= 4 is 5.91 Å². The Morgan fingerprint density at radius 3 is 2.65 bits per heavy atom. The minimum Gasteiger partial charge on any atom is -0.376 e. The molecule has 0 radical (unpaired) electrons. The van der Waals surface area contributed by atoms with Crippen LogP contribution in [0.25, 0.3) is 0 Å². The van der Waals surface area contributed by atoms with Crippen molar-refractivity contribution in [3.05, 3.63) is 0 Å². The summed E-state index contributed by atoms with van der Waals surface area (Å²) in [5.41, 5.74) is 0. The van der Waals surface area contributed by atoms with Crippen molar-refractivity contribution in [3.8, 4) is 0 Å². The smallest absolute Gasteiger partial charge is 0.234 e. The number of morpholine rings is 1. The van der Waals surface area contributed by atoms with Crippen LogP contribution >= 0.6 is 0 Å². The lowest BCUT2D eigenvalue weighted by molar-refractivity contribution is -0.123. The average Bonchev–Trinajstić information content (AvgIpc) is 3.07. The van der Waals surface area contributed by atoms with E-state index in [9.17, 15) is 4.79 Å². The standard InChI is InChI=1S/C17H31N3O3/c1-14-12-20(8-10-22-14)15-4-6-19(7-5-15)13-17(21)18-11-16-3-2-9-23-16/h14-16H,2-13H2,1H3,(H,18,21). The molecule has 0 aromatic carbocycles. The molecule has 2 atom stereocenters. The molecule has 0 bridgehead atoms. The van der Waals surface area contributed by atoms with Gasteiger partial charge < -0.3 is 14.8 Å². The Labute approximate surface area is 139 Å². The van der Waals surface area contributed by atoms with E-state index in [1.54, 1.807) is 0 Å². The molecular formula is C17H31N3O3. The Kier molecular flexibility index (Phi) is 6.28. The highest BCUT2D eigenvalue weighted by atomic mass is 16.5. The molecule has 3 heterocycles. The van der Waals surface area contributed by atoms with Crippen molar-refractivity contribution in [2.45, 2.75) is 50.9 Å². The summed E-state index contributed by atoms with van der Waals surface area (Å²) in [6, 6.07) is 0.660. The highest BCUT2D eigenvalue weighted by Crippen LogP contribution is 2.19. The van der Waals surface area contributed by atoms with Crippen molar-refractivity contribution in [3.63, 3.8) is 0 Å². The van der Waals surface area contributed by atoms with E-state index in [0.29, 0.717) is 25.2 Å². The molecule has 3 aliphatic heterocycles. The van der Waals surface area contributed by atoms with Crippen molar-refractivity contribution in [2.75, 3.05) is 52.5 Å². The summed E-state index contributed by atoms with van der Waals surface area (Å²) in [5.74, 6) is 0.138. The number of carbonyl (C=O) groups is 1. The second-order valence-electron chi connectivity index (χ2n) is 7.12. The second-order valence-corrected chi connectivity index (χ2v) is 7.12. The maximum atomic E-state index is 12.1. The molecule has 132 valence electrons. The number of piperidine rings is 1. The molecule has 0 saturated carbocycles. The monoisotopic (exact) mass is 325 g/mol. The summed E-state index contributed by atoms with van der Waals surface area (Å²) in [6.45, 7) is 9.18. The summed E-state index contributed by atoms with van der Waals surface area (Å²) < 4.78 is 11.2. The van der Waals surface area contributed by atoms with Gasteiger partial charge >= 0.3 is 0 Å². The van der Waals surface area contributed by atoms with Gasteiger partial charge in [0.15, 0.2) is 0 Å². The van der Waals surface area contributed by atoms with E-state index >= 15 is 0 Å². The van der Waals surface area contributed by atoms with Crippen molar-refractivity contribution in [1.82, 2.24) is 15.1 Å². The van der Waals surface area contributed by atoms with E-state index in [0.717, 1.165) is 65.1 Å². The highest BCUT2D eigenvalue weighted by molar-refractivity contribution is 5.78. The molecule has 2 unspecified atom stereocenters. The number of hydrogen-bond donors (Lipinski definition) is 1. The normalized spacial score (nSPS) is 31.3. The van der Waals surface area contributed by atoms with Crippen LogP contribution in [0.1, 0.15) is 32.6 Å². The van der Waals surface area contributed by atoms with Crippen LogP contribution in [-0.4, -0.2) is 86.4 Å². The van der Waals surface area contributed by atoms with E-state index in [4.69, 9.17) is 9.47 Å². The average molecular weight is 325 g/mol. The van der Waals surface area contributed by atoms with Crippen molar-refractivity contribution in [2.24, 2.45) is 0 Å². The molecule has 0 spiro atoms. The molecule has 3 rings (SSSR count). The Morgan fingerprint density at radius 2 is 1.96 bits per heavy atom. The zero-order valence-corrected chi connectivity index (χ0v) is 14.3. The lowest BCUT2D eigenvalue weighted by Crippen LogP contribution is -2.52. The Morgan fingerprint density at radius 1 is 1.13 bits per heavy atom. The zero-order valence-electron chi connectivity index (χ0n) is 14.3. The predicted octanol–water partition coefficient (Wildman–Crippen LogP) is 0.467. The van der Waals surface area contributed by atoms with Gasteiger partial charge in [0.2, 0.25) is 5.91 Å². The van der Waals surface area contributed by atoms with Crippen LogP contribution in [0.3, 0.4) is 0 Å². The molecule has 1 N–H and O–H groups in total. The van der Waals surface area contributed by atoms with Crippen LogP contribution in [0, 0.1) is 0 Å². The molecule has 1 amide bonds. The van der Waals surface area contributed by atoms with E-state index in [1.165, 1.54) is 0 Å². The third-order valence-corrected chi connectivity index (χ3v) is 5.26. The number of nitrogens with one attached hydrogen (secondary N) is 1. The number of likely N-dealkylation sites (tertiary alicyclic amines) is 1. The minimum atomic E-state index is 0.138. The number of hydrogen-bond acceptors (Lipinski definition) is 5. The number of ether oxygens (including phenoxy) is 2. The molecule has 6 heteroatoms. The third-order valence-electron chi connectivity index (χ3n) is 5.26. The lowest BCUT2D eigenvalue weighted by Gasteiger charge is -2.41. The molecule has 3 fully saturated rings. The molecular weight excluding hydrogens is 294 g/mol. The molecule has 6 nitrogen and oxygen atoms in total. The largest absolute Gasteiger partial charge is 0.376 e. The molecule has 23 heavy (non-hydrogen) atoms. The molecule has 0 aromatic rings. The van der Waals surface area contributed by atoms with Crippen LogP contribution in [0.5, 0.6) is 0 Å². The number of carbonyl (C=O) groups excluding carboxylic acids is 1. The van der Waals surface area contributed by atoms with Crippen LogP contribution < -0.4 is 5.32 Å². The van der Waals surface area contributed by atoms with E-state index in [1.807, 2.05) is 0 Å². The van der Waals surface area contributed by atoms with Crippen LogP contribution in [-0.2, 0) is 14.3 Å². The Balaban J connectivity index is 1.33. The number of rotatable bonds is 5. The predicted molar refractivity (Wildman–Crippen MR) is 88.4 cm³/mol. The lowest BCUT2D eigenvalue weighted by atomic mass is 10.0. The van der Waals surface area contributed by atoms with Gasteiger partial charge in [-0.15, -0.1) is 0 Å². The SMILES string of the molecule is CC1CN(C2CCN(CC(=O)NCC3CCCO3)CC2)CCO1. The first-order valence-electron chi connectivity index (χ1n) is 9.17. The fourth-order valence-corrected chi connectivity index (χ4v) is 3.91. The van der Waals surface area contributed by atoms with Gasteiger partial charge in [0.25, 0.3) is 0 Å². The topological polar surface area (TPSA) is 54.0 Å². The van der Waals surface area contributed by atoms with Gasteiger partial charge in [0.05, 0.1) is 25.4 Å². The van der Waals surface area contributed by atoms with E-state index in [2.05, 4.69) is 22.0 Å². The van der Waals surface area contributed by atoms with Gasteiger partial charge in [-0.3, -0.25) is 14.6 Å². The first kappa shape index (κ1) is 17.1. The van der Waals surface area contributed by atoms with Crippen molar-refractivity contribution < 1.29 is 14.3 Å². The number of amides is 1. The van der Waals surface area contributed by atoms with Gasteiger partial charge in [-0.25, -0.2) is 0 Å². The van der Waals surface area contributed by atoms with Gasteiger partial charge in [-0.2, -0.15) is 0 Å². The molecule has 3 saturated heterocycles. The van der Waals surface area contributed by atoms with Crippen LogP contribution in [0.15, 0.2) is 0 Å². The Hall–Kier alpha value is -0.690. The van der Waals surface area contributed by atoms with Gasteiger partial charge in [-0.05, 0) is 32.6 Å². The molecule has 0 aliphatic carbocycles. The summed E-state index contributed by atoms with van der Waals surface area (Å²) >= 11 is 0. The van der Waals surface area contributed by atoms with Gasteiger partial charge in [0.1, 0.15) is 0 Å². The maximum Gasteiger partial charge on any atom is 0.234 e. The van der Waals surface area contributed by atoms with Crippen LogP contribution in [0.2, 0.25) is 0 Å². The zero-order chi connectivity index (χ0) is 16.1. The quantitative estimate of drug-likeness (QED) is 0.796. The maximum absolute atomic E-state index is 12.1. The van der Waals surface area contributed by atoms with E-state index < -0.39 is 0 Å². The van der Waals surface area contributed by atoms with Crippen LogP contribution in [0.4, 0.5) is 0 Å². The fraction of sp³-hybridized carbons (Fsp3) is 0.941. The fourth-order valence-electron chi connectivity index (χ4n) is 3.91. The Bertz CT molecular complexity index is 379. The summed E-state index contributed by atoms with van der Waals surface area (Å²) in [7, 11) is 0. The van der Waals surface area contributed by atoms with E-state index in [-0.39, 0.29) is 12.0 Å². The second kappa shape index (κ2) is 8.42. The summed E-state index contributed by atoms with van der Waals surface area (Å²) in [5, 5.41) is 3.02. The first-order chi connectivity index (χ1) is 11.2. The van der Waals surface area contributed by atoms with Gasteiger partial charge in [0, 0.05) is 45.4 Å². The first-order valence-corrected chi connectivity index (χ1v) is 9.17. The van der Waals surface area contributed by atoms with Crippen molar-refractivity contribution in [1.29, 1.82) is 0 Å². The minimum absolute atomic E-state index is 0.138. The number of nitrogens with zero attached hydrogens (tertiary/aromatic N) is 2. The van der Waals surface area contributed by atoms with Gasteiger partial charge in [-0.1, -0.05) is 0 Å². The summed E-state index contributed by atoms with van der Waals surface area (Å²) in [4.78, 5) is 16.9. The summed E-state index contributed by atoms with van der Waals surface area (Å²) in [6.07, 6.45) is 5.09.